The van der Waals surface area contributed by atoms with Gasteiger partial charge in [-0.15, -0.1) is 0 Å². The summed E-state index contributed by atoms with van der Waals surface area (Å²) >= 11 is 0. The van der Waals surface area contributed by atoms with Crippen molar-refractivity contribution in [1.29, 1.82) is 0 Å². The van der Waals surface area contributed by atoms with Crippen molar-refractivity contribution in [2.75, 3.05) is 6.61 Å². The highest BCUT2D eigenvalue weighted by Gasteiger charge is 2.17. The summed E-state index contributed by atoms with van der Waals surface area (Å²) in [4.78, 5) is 4.08. The zero-order valence-corrected chi connectivity index (χ0v) is 10.9. The maximum absolute atomic E-state index is 10.3. The molecule has 0 bridgehead atoms. The molecule has 0 radical (unpaired) electrons. The van der Waals surface area contributed by atoms with Crippen LogP contribution in [0.4, 0.5) is 0 Å². The molecule has 1 aliphatic heterocycles. The highest BCUT2D eigenvalue weighted by molar-refractivity contribution is 5.52. The van der Waals surface area contributed by atoms with Crippen molar-refractivity contribution >= 4 is 5.52 Å². The number of aliphatic hydroxyl groups is 1. The number of aromatic nitrogens is 3. The zero-order valence-electron chi connectivity index (χ0n) is 10.9. The molecule has 3 rings (SSSR count). The Hall–Kier alpha value is -1.46. The lowest BCUT2D eigenvalue weighted by atomic mass is 10.0. The van der Waals surface area contributed by atoms with Crippen molar-refractivity contribution in [3.63, 3.8) is 0 Å². The first kappa shape index (κ1) is 12.6. The number of nitrogens with zero attached hydrogens (tertiary/aromatic N) is 3. The molecular weight excluding hydrogens is 242 g/mol. The molecule has 1 aliphatic rings. The summed E-state index contributed by atoms with van der Waals surface area (Å²) in [5.74, 6) is 0. The third kappa shape index (κ3) is 2.77. The molecule has 1 saturated heterocycles. The van der Waals surface area contributed by atoms with Gasteiger partial charge in [-0.25, -0.2) is 4.52 Å². The van der Waals surface area contributed by atoms with Gasteiger partial charge in [0.2, 0.25) is 0 Å². The lowest BCUT2D eigenvalue weighted by molar-refractivity contribution is 0.0946. The largest absolute Gasteiger partial charge is 0.388 e. The molecule has 2 atom stereocenters. The molecule has 3 heterocycles. The van der Waals surface area contributed by atoms with Gasteiger partial charge in [-0.2, -0.15) is 5.10 Å². The summed E-state index contributed by atoms with van der Waals surface area (Å²) < 4.78 is 7.33. The SMILES string of the molecule is OC(CCCC1CCCO1)c1cnn2ccncc12. The van der Waals surface area contributed by atoms with E-state index in [1.165, 1.54) is 6.42 Å². The van der Waals surface area contributed by atoms with Crippen molar-refractivity contribution in [2.24, 2.45) is 0 Å². The second kappa shape index (κ2) is 5.67. The van der Waals surface area contributed by atoms with Gasteiger partial charge in [0.25, 0.3) is 0 Å². The highest BCUT2D eigenvalue weighted by atomic mass is 16.5. The second-order valence-corrected chi connectivity index (χ2v) is 5.09. The first-order valence-corrected chi connectivity index (χ1v) is 6.91. The Morgan fingerprint density at radius 1 is 1.47 bits per heavy atom. The van der Waals surface area contributed by atoms with Gasteiger partial charge in [0.1, 0.15) is 0 Å². The fraction of sp³-hybridized carbons (Fsp3) is 0.571. The van der Waals surface area contributed by atoms with E-state index in [0.29, 0.717) is 6.10 Å². The number of ether oxygens (including phenoxy) is 1. The van der Waals surface area contributed by atoms with E-state index < -0.39 is 6.10 Å². The number of aliphatic hydroxyl groups excluding tert-OH is 1. The molecule has 1 N–H and O–H groups in total. The predicted octanol–water partition coefficient (Wildman–Crippen LogP) is 2.11. The van der Waals surface area contributed by atoms with Crippen molar-refractivity contribution in [2.45, 2.75) is 44.3 Å². The Balaban J connectivity index is 1.58. The van der Waals surface area contributed by atoms with E-state index in [1.54, 1.807) is 29.3 Å². The van der Waals surface area contributed by atoms with Crippen LogP contribution < -0.4 is 0 Å². The van der Waals surface area contributed by atoms with Crippen LogP contribution >= 0.6 is 0 Å². The van der Waals surface area contributed by atoms with Crippen LogP contribution in [0.1, 0.15) is 43.8 Å². The highest BCUT2D eigenvalue weighted by Crippen LogP contribution is 2.25. The molecule has 0 aromatic carbocycles. The first-order valence-electron chi connectivity index (χ1n) is 6.91. The fourth-order valence-corrected chi connectivity index (χ4v) is 2.68. The Kier molecular flexibility index (Phi) is 3.75. The summed E-state index contributed by atoms with van der Waals surface area (Å²) in [6, 6.07) is 0. The topological polar surface area (TPSA) is 59.7 Å². The smallest absolute Gasteiger partial charge is 0.0902 e. The monoisotopic (exact) mass is 261 g/mol. The van der Waals surface area contributed by atoms with Crippen LogP contribution in [-0.4, -0.2) is 32.4 Å². The van der Waals surface area contributed by atoms with Crippen LogP contribution in [0.25, 0.3) is 5.52 Å². The molecule has 0 amide bonds. The van der Waals surface area contributed by atoms with E-state index in [4.69, 9.17) is 4.74 Å². The van der Waals surface area contributed by atoms with Crippen molar-refractivity contribution in [3.05, 3.63) is 30.4 Å². The summed E-state index contributed by atoms with van der Waals surface area (Å²) in [6.07, 6.45) is 12.0. The summed E-state index contributed by atoms with van der Waals surface area (Å²) in [6.45, 7) is 0.896. The van der Waals surface area contributed by atoms with E-state index >= 15 is 0 Å². The fourth-order valence-electron chi connectivity index (χ4n) is 2.68. The summed E-state index contributed by atoms with van der Waals surface area (Å²) in [5, 5.41) is 14.5. The zero-order chi connectivity index (χ0) is 13.1. The van der Waals surface area contributed by atoms with Gasteiger partial charge in [0, 0.05) is 24.6 Å². The van der Waals surface area contributed by atoms with Crippen LogP contribution in [0.5, 0.6) is 0 Å². The van der Waals surface area contributed by atoms with Gasteiger partial charge in [0.15, 0.2) is 0 Å². The second-order valence-electron chi connectivity index (χ2n) is 5.09. The minimum atomic E-state index is -0.469. The van der Waals surface area contributed by atoms with Gasteiger partial charge in [-0.1, -0.05) is 0 Å². The van der Waals surface area contributed by atoms with E-state index in [1.807, 2.05) is 0 Å². The molecule has 2 aromatic rings. The Labute approximate surface area is 112 Å². The lowest BCUT2D eigenvalue weighted by Crippen LogP contribution is -2.06. The van der Waals surface area contributed by atoms with Crippen LogP contribution in [0.3, 0.4) is 0 Å². The van der Waals surface area contributed by atoms with E-state index in [0.717, 1.165) is 43.4 Å². The van der Waals surface area contributed by atoms with E-state index in [-0.39, 0.29) is 0 Å². The van der Waals surface area contributed by atoms with Crippen molar-refractivity contribution < 1.29 is 9.84 Å². The Morgan fingerprint density at radius 2 is 2.42 bits per heavy atom. The molecule has 19 heavy (non-hydrogen) atoms. The van der Waals surface area contributed by atoms with E-state index in [9.17, 15) is 5.11 Å². The average Bonchev–Trinajstić information content (AvgIpc) is 3.07. The number of hydrogen-bond donors (Lipinski definition) is 1. The molecule has 5 nitrogen and oxygen atoms in total. The molecule has 2 unspecified atom stereocenters. The lowest BCUT2D eigenvalue weighted by Gasteiger charge is -2.12. The van der Waals surface area contributed by atoms with Crippen molar-refractivity contribution in [3.8, 4) is 0 Å². The van der Waals surface area contributed by atoms with Crippen LogP contribution in [0, 0.1) is 0 Å². The molecule has 0 saturated carbocycles. The number of fused-ring (bicyclic) bond motifs is 1. The predicted molar refractivity (Wildman–Crippen MR) is 70.8 cm³/mol. The van der Waals surface area contributed by atoms with Gasteiger partial charge in [-0.3, -0.25) is 4.98 Å². The van der Waals surface area contributed by atoms with Gasteiger partial charge in [-0.05, 0) is 32.1 Å². The summed E-state index contributed by atoms with van der Waals surface area (Å²) in [7, 11) is 0. The van der Waals surface area contributed by atoms with Crippen molar-refractivity contribution in [1.82, 2.24) is 14.6 Å². The third-order valence-corrected chi connectivity index (χ3v) is 3.74. The maximum Gasteiger partial charge on any atom is 0.0902 e. The molecule has 1 fully saturated rings. The molecule has 0 aliphatic carbocycles. The van der Waals surface area contributed by atoms with Crippen LogP contribution in [0.15, 0.2) is 24.8 Å². The average molecular weight is 261 g/mol. The van der Waals surface area contributed by atoms with Gasteiger partial charge in [0.05, 0.1) is 30.1 Å². The normalized spacial score (nSPS) is 21.0. The van der Waals surface area contributed by atoms with Crippen LogP contribution in [-0.2, 0) is 4.74 Å². The molecule has 102 valence electrons. The number of rotatable bonds is 5. The quantitative estimate of drug-likeness (QED) is 0.895. The minimum Gasteiger partial charge on any atom is -0.388 e. The standard InChI is InChI=1S/C14H19N3O2/c18-14(5-1-3-11-4-2-8-19-11)12-9-16-17-7-6-15-10-13(12)17/h6-7,9-11,14,18H,1-5,8H2. The van der Waals surface area contributed by atoms with E-state index in [2.05, 4.69) is 10.1 Å². The van der Waals surface area contributed by atoms with Gasteiger partial charge < -0.3 is 9.84 Å². The molecular formula is C14H19N3O2. The Morgan fingerprint density at radius 3 is 3.26 bits per heavy atom. The third-order valence-electron chi connectivity index (χ3n) is 3.74. The molecule has 0 spiro atoms. The maximum atomic E-state index is 10.3. The number of hydrogen-bond acceptors (Lipinski definition) is 4. The Bertz CT molecular complexity index is 534. The first-order chi connectivity index (χ1) is 9.34. The van der Waals surface area contributed by atoms with Gasteiger partial charge >= 0.3 is 0 Å². The summed E-state index contributed by atoms with van der Waals surface area (Å²) in [5.41, 5.74) is 1.74. The minimum absolute atomic E-state index is 0.401. The van der Waals surface area contributed by atoms with Crippen LogP contribution in [0.2, 0.25) is 0 Å². The molecule has 5 heteroatoms. The molecule has 2 aromatic heterocycles.